The first-order valence-corrected chi connectivity index (χ1v) is 15.0. The van der Waals surface area contributed by atoms with Crippen LogP contribution in [0.4, 0.5) is 0 Å². The molecule has 0 aliphatic rings. The van der Waals surface area contributed by atoms with Crippen molar-refractivity contribution >= 4 is 0 Å². The van der Waals surface area contributed by atoms with Gasteiger partial charge in [-0.3, -0.25) is 0 Å². The second kappa shape index (κ2) is 19.7. The highest BCUT2D eigenvalue weighted by molar-refractivity contribution is 5.15. The molecule has 0 radical (unpaired) electrons. The summed E-state index contributed by atoms with van der Waals surface area (Å²) in [6.07, 6.45) is 31.4. The Balaban J connectivity index is 1.46. The fourth-order valence-corrected chi connectivity index (χ4v) is 5.14. The lowest BCUT2D eigenvalue weighted by atomic mass is 10.0. The summed E-state index contributed by atoms with van der Waals surface area (Å²) in [6, 6.07) is 10.9. The summed E-state index contributed by atoms with van der Waals surface area (Å²) in [6.45, 7) is 6.76. The van der Waals surface area contributed by atoms with Crippen LogP contribution in [0.5, 0.6) is 0 Å². The van der Waals surface area contributed by atoms with Gasteiger partial charge in [-0.05, 0) is 24.8 Å². The summed E-state index contributed by atoms with van der Waals surface area (Å²) in [5.74, 6) is 1.49. The smallest absolute Gasteiger partial charge is 0.234 e. The van der Waals surface area contributed by atoms with Crippen molar-refractivity contribution in [2.75, 3.05) is 0 Å². The molecule has 0 N–H and O–H groups in total. The quantitative estimate of drug-likeness (QED) is 0.120. The van der Waals surface area contributed by atoms with Crippen LogP contribution in [0.15, 0.2) is 42.7 Å². The molecule has 2 aromatic rings. The van der Waals surface area contributed by atoms with Gasteiger partial charge < -0.3 is 0 Å². The van der Waals surface area contributed by atoms with Gasteiger partial charge in [0.2, 0.25) is 0 Å². The molecule has 0 saturated carbocycles. The van der Waals surface area contributed by atoms with E-state index < -0.39 is 0 Å². The third-order valence-electron chi connectivity index (χ3n) is 7.26. The van der Waals surface area contributed by atoms with Crippen LogP contribution in [0.3, 0.4) is 0 Å². The number of aryl methyl sites for hydroxylation is 1. The topological polar surface area (TPSA) is 8.81 Å². The third kappa shape index (κ3) is 12.8. The van der Waals surface area contributed by atoms with Gasteiger partial charge >= 0.3 is 0 Å². The summed E-state index contributed by atoms with van der Waals surface area (Å²) in [5, 5.41) is 0. The van der Waals surface area contributed by atoms with Crippen molar-refractivity contribution in [1.82, 2.24) is 4.57 Å². The second-order valence-electron chi connectivity index (χ2n) is 10.4. The Labute approximate surface area is 212 Å². The fraction of sp³-hybridized carbons (Fsp3) is 0.719. The van der Waals surface area contributed by atoms with Gasteiger partial charge in [-0.25, -0.2) is 9.13 Å². The SMILES string of the molecule is CCCCCCCCCCCCCCCCCCC[n+]1ccn(Cc2ccccc2)c1CCC. The molecular formula is C32H55N2+. The minimum absolute atomic E-state index is 0.988. The predicted octanol–water partition coefficient (Wildman–Crippen LogP) is 9.43. The van der Waals surface area contributed by atoms with Crippen LogP contribution < -0.4 is 4.57 Å². The van der Waals surface area contributed by atoms with E-state index >= 15 is 0 Å². The summed E-state index contributed by atoms with van der Waals surface area (Å²) in [7, 11) is 0. The van der Waals surface area contributed by atoms with Crippen LogP contribution in [0.2, 0.25) is 0 Å². The Kier molecular flexibility index (Phi) is 16.6. The maximum absolute atomic E-state index is 2.51. The van der Waals surface area contributed by atoms with Crippen LogP contribution >= 0.6 is 0 Å². The summed E-state index contributed by atoms with van der Waals surface area (Å²) in [5.41, 5.74) is 1.39. The van der Waals surface area contributed by atoms with E-state index in [0.717, 1.165) is 6.54 Å². The highest BCUT2D eigenvalue weighted by Gasteiger charge is 2.16. The van der Waals surface area contributed by atoms with Gasteiger partial charge in [0.1, 0.15) is 18.9 Å². The lowest BCUT2D eigenvalue weighted by molar-refractivity contribution is -0.704. The lowest BCUT2D eigenvalue weighted by Gasteiger charge is -2.06. The Bertz CT molecular complexity index is 703. The van der Waals surface area contributed by atoms with E-state index in [1.807, 2.05) is 0 Å². The molecule has 0 saturated heterocycles. The zero-order chi connectivity index (χ0) is 24.1. The third-order valence-corrected chi connectivity index (χ3v) is 7.26. The number of benzene rings is 1. The molecule has 2 rings (SSSR count). The molecule has 1 aromatic heterocycles. The molecule has 0 spiro atoms. The lowest BCUT2D eigenvalue weighted by Crippen LogP contribution is -2.37. The van der Waals surface area contributed by atoms with Gasteiger partial charge in [0, 0.05) is 6.42 Å². The van der Waals surface area contributed by atoms with Gasteiger partial charge in [-0.1, -0.05) is 140 Å². The zero-order valence-electron chi connectivity index (χ0n) is 22.8. The van der Waals surface area contributed by atoms with E-state index in [2.05, 4.69) is 65.7 Å². The molecule has 0 unspecified atom stereocenters. The zero-order valence-corrected chi connectivity index (χ0v) is 22.8. The van der Waals surface area contributed by atoms with Crippen LogP contribution in [-0.2, 0) is 19.5 Å². The molecule has 2 heteroatoms. The Morgan fingerprint density at radius 1 is 0.588 bits per heavy atom. The summed E-state index contributed by atoms with van der Waals surface area (Å²) in [4.78, 5) is 0. The molecule has 0 atom stereocenters. The minimum atomic E-state index is 0.988. The van der Waals surface area contributed by atoms with Crippen LogP contribution in [-0.4, -0.2) is 4.57 Å². The van der Waals surface area contributed by atoms with Crippen LogP contribution in [0, 0.1) is 0 Å². The molecule has 0 fully saturated rings. The molecular weight excluding hydrogens is 412 g/mol. The maximum atomic E-state index is 2.51. The van der Waals surface area contributed by atoms with Crippen molar-refractivity contribution < 1.29 is 4.57 Å². The summed E-state index contributed by atoms with van der Waals surface area (Å²) >= 11 is 0. The van der Waals surface area contributed by atoms with Gasteiger partial charge in [-0.2, -0.15) is 0 Å². The van der Waals surface area contributed by atoms with Gasteiger partial charge in [-0.15, -0.1) is 0 Å². The average Bonchev–Trinajstić information content (AvgIpc) is 3.23. The van der Waals surface area contributed by atoms with Crippen molar-refractivity contribution in [1.29, 1.82) is 0 Å². The minimum Gasteiger partial charge on any atom is -0.234 e. The van der Waals surface area contributed by atoms with Crippen molar-refractivity contribution in [3.8, 4) is 0 Å². The molecule has 1 aromatic carbocycles. The summed E-state index contributed by atoms with van der Waals surface area (Å²) < 4.78 is 4.96. The molecule has 192 valence electrons. The first kappa shape index (κ1) is 28.7. The highest BCUT2D eigenvalue weighted by atomic mass is 15.1. The van der Waals surface area contributed by atoms with Gasteiger partial charge in [0.15, 0.2) is 0 Å². The number of nitrogens with zero attached hydrogens (tertiary/aromatic N) is 2. The number of aromatic nitrogens is 2. The van der Waals surface area contributed by atoms with E-state index in [1.54, 1.807) is 0 Å². The number of hydrogen-bond acceptors (Lipinski definition) is 0. The number of unbranched alkanes of at least 4 members (excludes halogenated alkanes) is 16. The average molecular weight is 468 g/mol. The van der Waals surface area contributed by atoms with Crippen molar-refractivity contribution in [3.63, 3.8) is 0 Å². The first-order valence-electron chi connectivity index (χ1n) is 15.0. The van der Waals surface area contributed by atoms with Crippen molar-refractivity contribution in [2.24, 2.45) is 0 Å². The molecule has 0 aliphatic carbocycles. The number of hydrogen-bond donors (Lipinski definition) is 0. The predicted molar refractivity (Wildman–Crippen MR) is 148 cm³/mol. The fourth-order valence-electron chi connectivity index (χ4n) is 5.14. The van der Waals surface area contributed by atoms with E-state index in [4.69, 9.17) is 0 Å². The van der Waals surface area contributed by atoms with Crippen LogP contribution in [0.1, 0.15) is 141 Å². The van der Waals surface area contributed by atoms with Crippen molar-refractivity contribution in [3.05, 3.63) is 54.1 Å². The molecule has 2 nitrogen and oxygen atoms in total. The molecule has 34 heavy (non-hydrogen) atoms. The van der Waals surface area contributed by atoms with E-state index in [0.29, 0.717) is 0 Å². The van der Waals surface area contributed by atoms with Gasteiger partial charge in [0.05, 0.1) is 6.54 Å². The van der Waals surface area contributed by atoms with E-state index in [-0.39, 0.29) is 0 Å². The standard InChI is InChI=1S/C32H55N2/c1-3-5-6-7-8-9-10-11-12-13-14-15-16-17-18-19-23-27-33-28-29-34(32(33)24-4-2)30-31-25-21-20-22-26-31/h20-22,25-26,28-29H,3-19,23-24,27,30H2,1-2H3/q+1. The highest BCUT2D eigenvalue weighted by Crippen LogP contribution is 2.14. The number of rotatable bonds is 22. The Morgan fingerprint density at radius 2 is 1.09 bits per heavy atom. The second-order valence-corrected chi connectivity index (χ2v) is 10.4. The maximum Gasteiger partial charge on any atom is 0.256 e. The van der Waals surface area contributed by atoms with E-state index in [9.17, 15) is 0 Å². The monoisotopic (exact) mass is 467 g/mol. The van der Waals surface area contributed by atoms with Gasteiger partial charge in [0.25, 0.3) is 5.82 Å². The van der Waals surface area contributed by atoms with Crippen molar-refractivity contribution in [2.45, 2.75) is 149 Å². The molecule has 0 amide bonds. The largest absolute Gasteiger partial charge is 0.256 e. The van der Waals surface area contributed by atoms with E-state index in [1.165, 1.54) is 140 Å². The number of imidazole rings is 1. The molecule has 0 aliphatic heterocycles. The Hall–Kier alpha value is -1.57. The molecule has 0 bridgehead atoms. The Morgan fingerprint density at radius 3 is 1.59 bits per heavy atom. The molecule has 1 heterocycles. The van der Waals surface area contributed by atoms with Crippen LogP contribution in [0.25, 0.3) is 0 Å². The normalized spacial score (nSPS) is 11.4. The first-order chi connectivity index (χ1) is 16.8.